The summed E-state index contributed by atoms with van der Waals surface area (Å²) in [6, 6.07) is 16.2. The van der Waals surface area contributed by atoms with Crippen LogP contribution in [0.1, 0.15) is 0 Å². The van der Waals surface area contributed by atoms with Gasteiger partial charge in [-0.2, -0.15) is 0 Å². The quantitative estimate of drug-likeness (QED) is 0.536. The summed E-state index contributed by atoms with van der Waals surface area (Å²) < 4.78 is 4.71. The van der Waals surface area contributed by atoms with Crippen molar-refractivity contribution in [1.29, 1.82) is 0 Å². The van der Waals surface area contributed by atoms with Crippen LogP contribution in [0, 0.1) is 4.77 Å². The van der Waals surface area contributed by atoms with E-state index in [0.717, 1.165) is 25.9 Å². The van der Waals surface area contributed by atoms with E-state index in [0.29, 0.717) is 4.77 Å². The largest absolute Gasteiger partial charge is 0.336 e. The zero-order chi connectivity index (χ0) is 14.1. The van der Waals surface area contributed by atoms with E-state index in [1.54, 1.807) is 0 Å². The molecule has 0 aliphatic heterocycles. The van der Waals surface area contributed by atoms with E-state index >= 15 is 0 Å². The maximum atomic E-state index is 5.42. The van der Waals surface area contributed by atoms with Crippen molar-refractivity contribution in [3.63, 3.8) is 0 Å². The Morgan fingerprint density at radius 3 is 2.45 bits per heavy atom. The Balaban J connectivity index is 2.25. The fourth-order valence-corrected chi connectivity index (χ4v) is 3.57. The molecule has 3 rings (SSSR count). The number of hydrogen-bond donors (Lipinski definition) is 1. The zero-order valence-corrected chi connectivity index (χ0v) is 14.3. The molecule has 0 bridgehead atoms. The molecule has 1 heterocycles. The van der Waals surface area contributed by atoms with Gasteiger partial charge in [0.15, 0.2) is 4.77 Å². The molecule has 0 atom stereocenters. The number of H-pyrrole nitrogens is 1. The van der Waals surface area contributed by atoms with Gasteiger partial charge in [0.05, 0.1) is 11.4 Å². The molecule has 0 saturated heterocycles. The van der Waals surface area contributed by atoms with Crippen LogP contribution in [-0.2, 0) is 0 Å². The van der Waals surface area contributed by atoms with Crippen LogP contribution in [-0.4, -0.2) is 9.55 Å². The van der Waals surface area contributed by atoms with Crippen molar-refractivity contribution in [2.24, 2.45) is 0 Å². The second-order valence-electron chi connectivity index (χ2n) is 4.28. The van der Waals surface area contributed by atoms with Crippen molar-refractivity contribution >= 4 is 44.1 Å². The van der Waals surface area contributed by atoms with Crippen LogP contribution in [0.25, 0.3) is 16.9 Å². The number of aromatic nitrogens is 2. The predicted octanol–water partition coefficient (Wildman–Crippen LogP) is 5.73. The van der Waals surface area contributed by atoms with Gasteiger partial charge < -0.3 is 4.98 Å². The van der Waals surface area contributed by atoms with Crippen LogP contribution in [0.15, 0.2) is 63.7 Å². The summed E-state index contributed by atoms with van der Waals surface area (Å²) in [5.41, 5.74) is 3.17. The van der Waals surface area contributed by atoms with Gasteiger partial charge in [-0.05, 0) is 46.3 Å². The van der Waals surface area contributed by atoms with Crippen molar-refractivity contribution in [2.45, 2.75) is 0 Å². The van der Waals surface area contributed by atoms with Crippen LogP contribution < -0.4 is 0 Å². The van der Waals surface area contributed by atoms with Crippen LogP contribution in [0.2, 0.25) is 0 Å². The topological polar surface area (TPSA) is 20.7 Å². The fourth-order valence-electron chi connectivity index (χ4n) is 2.09. The van der Waals surface area contributed by atoms with Gasteiger partial charge >= 0.3 is 0 Å². The molecule has 100 valence electrons. The third-order valence-corrected chi connectivity index (χ3v) is 4.43. The zero-order valence-electron chi connectivity index (χ0n) is 10.3. The number of rotatable bonds is 2. The van der Waals surface area contributed by atoms with E-state index < -0.39 is 0 Å². The molecule has 1 N–H and O–H groups in total. The summed E-state index contributed by atoms with van der Waals surface area (Å²) in [5.74, 6) is 0. The van der Waals surface area contributed by atoms with Gasteiger partial charge in [0.1, 0.15) is 0 Å². The third kappa shape index (κ3) is 2.53. The van der Waals surface area contributed by atoms with E-state index in [1.165, 1.54) is 0 Å². The maximum Gasteiger partial charge on any atom is 0.182 e. The summed E-state index contributed by atoms with van der Waals surface area (Å²) >= 11 is 12.5. The molecular weight excluding hydrogens is 400 g/mol. The van der Waals surface area contributed by atoms with E-state index in [4.69, 9.17) is 12.2 Å². The first-order valence-electron chi connectivity index (χ1n) is 5.98. The highest BCUT2D eigenvalue weighted by Crippen LogP contribution is 2.30. The first-order valence-corrected chi connectivity index (χ1v) is 7.97. The molecule has 2 nitrogen and oxygen atoms in total. The third-order valence-electron chi connectivity index (χ3n) is 3.00. The Hall–Kier alpha value is -1.17. The van der Waals surface area contributed by atoms with Crippen molar-refractivity contribution < 1.29 is 0 Å². The highest BCUT2D eigenvalue weighted by Gasteiger charge is 2.11. The van der Waals surface area contributed by atoms with Crippen LogP contribution >= 0.6 is 44.1 Å². The van der Waals surface area contributed by atoms with Gasteiger partial charge in [-0.25, -0.2) is 0 Å². The van der Waals surface area contributed by atoms with Crippen molar-refractivity contribution in [2.75, 3.05) is 0 Å². The predicted molar refractivity (Wildman–Crippen MR) is 91.8 cm³/mol. The molecule has 2 aromatic carbocycles. The molecule has 0 aliphatic rings. The second-order valence-corrected chi connectivity index (χ2v) is 6.43. The SMILES string of the molecule is S=c1[nH]cc(-c2ccccc2)n1-c1ccc(Br)cc1Br. The minimum absolute atomic E-state index is 0.673. The lowest BCUT2D eigenvalue weighted by molar-refractivity contribution is 1.03. The standard InChI is InChI=1S/C15H10Br2N2S/c16-11-6-7-13(12(17)8-11)19-14(9-18-15(19)20)10-4-2-1-3-5-10/h1-9H,(H,18,20). The van der Waals surface area contributed by atoms with E-state index in [-0.39, 0.29) is 0 Å². The van der Waals surface area contributed by atoms with Crippen LogP contribution in [0.3, 0.4) is 0 Å². The van der Waals surface area contributed by atoms with Gasteiger partial charge in [-0.3, -0.25) is 4.57 Å². The molecular formula is C15H10Br2N2S. The lowest BCUT2D eigenvalue weighted by atomic mass is 10.1. The number of halogens is 2. The molecule has 0 unspecified atom stereocenters. The highest BCUT2D eigenvalue weighted by molar-refractivity contribution is 9.11. The lowest BCUT2D eigenvalue weighted by Gasteiger charge is -2.11. The molecule has 5 heteroatoms. The Labute approximate surface area is 138 Å². The maximum absolute atomic E-state index is 5.42. The monoisotopic (exact) mass is 408 g/mol. The average molecular weight is 410 g/mol. The number of nitrogens with zero attached hydrogens (tertiary/aromatic N) is 1. The van der Waals surface area contributed by atoms with Crippen molar-refractivity contribution in [3.05, 3.63) is 68.4 Å². The number of hydrogen-bond acceptors (Lipinski definition) is 1. The summed E-state index contributed by atoms with van der Waals surface area (Å²) in [6.07, 6.45) is 1.94. The van der Waals surface area contributed by atoms with Gasteiger partial charge in [-0.1, -0.05) is 46.3 Å². The molecule has 0 amide bonds. The van der Waals surface area contributed by atoms with Gasteiger partial charge in [0, 0.05) is 20.7 Å². The van der Waals surface area contributed by atoms with Crippen molar-refractivity contribution in [3.8, 4) is 16.9 Å². The summed E-state index contributed by atoms with van der Waals surface area (Å²) in [5, 5.41) is 0. The summed E-state index contributed by atoms with van der Waals surface area (Å²) in [7, 11) is 0. The van der Waals surface area contributed by atoms with Crippen LogP contribution in [0.5, 0.6) is 0 Å². The average Bonchev–Trinajstić information content (AvgIpc) is 2.82. The van der Waals surface area contributed by atoms with Gasteiger partial charge in [-0.15, -0.1) is 0 Å². The smallest absolute Gasteiger partial charge is 0.182 e. The Morgan fingerprint density at radius 1 is 1.00 bits per heavy atom. The summed E-state index contributed by atoms with van der Waals surface area (Å²) in [6.45, 7) is 0. The first-order chi connectivity index (χ1) is 9.66. The van der Waals surface area contributed by atoms with E-state index in [2.05, 4.69) is 49.0 Å². The molecule has 1 aromatic heterocycles. The van der Waals surface area contributed by atoms with Crippen LogP contribution in [0.4, 0.5) is 0 Å². The molecule has 0 saturated carbocycles. The Kier molecular flexibility index (Phi) is 3.92. The molecule has 0 radical (unpaired) electrons. The first kappa shape index (κ1) is 13.8. The molecule has 0 aliphatic carbocycles. The minimum atomic E-state index is 0.673. The van der Waals surface area contributed by atoms with Gasteiger partial charge in [0.25, 0.3) is 0 Å². The summed E-state index contributed by atoms with van der Waals surface area (Å²) in [4.78, 5) is 3.12. The Bertz CT molecular complexity index is 806. The second kappa shape index (κ2) is 5.68. The highest BCUT2D eigenvalue weighted by atomic mass is 79.9. The molecule has 20 heavy (non-hydrogen) atoms. The molecule has 0 spiro atoms. The van der Waals surface area contributed by atoms with Crippen molar-refractivity contribution in [1.82, 2.24) is 9.55 Å². The number of nitrogens with one attached hydrogen (secondary N) is 1. The lowest BCUT2D eigenvalue weighted by Crippen LogP contribution is -1.98. The number of aromatic amines is 1. The fraction of sp³-hybridized carbons (Fsp3) is 0. The number of imidazole rings is 1. The molecule has 0 fully saturated rings. The normalized spacial score (nSPS) is 10.7. The number of benzene rings is 2. The minimum Gasteiger partial charge on any atom is -0.336 e. The Morgan fingerprint density at radius 2 is 1.75 bits per heavy atom. The molecule has 3 aromatic rings. The van der Waals surface area contributed by atoms with E-state index in [9.17, 15) is 0 Å². The van der Waals surface area contributed by atoms with Gasteiger partial charge in [0.2, 0.25) is 0 Å². The van der Waals surface area contributed by atoms with E-state index in [1.807, 2.05) is 47.2 Å².